The molecule has 1 aliphatic carbocycles. The van der Waals surface area contributed by atoms with Gasteiger partial charge < -0.3 is 10.2 Å². The summed E-state index contributed by atoms with van der Waals surface area (Å²) in [7, 11) is 0. The molecule has 0 radical (unpaired) electrons. The van der Waals surface area contributed by atoms with Crippen LogP contribution in [0.5, 0.6) is 0 Å². The predicted octanol–water partition coefficient (Wildman–Crippen LogP) is 5.28. The molecular weight excluding hydrogens is 404 g/mol. The van der Waals surface area contributed by atoms with Crippen molar-refractivity contribution in [3.63, 3.8) is 0 Å². The van der Waals surface area contributed by atoms with E-state index in [1.807, 2.05) is 18.7 Å². The number of nitrogens with one attached hydrogen (secondary N) is 1. The second-order valence-corrected chi connectivity index (χ2v) is 10.5. The summed E-state index contributed by atoms with van der Waals surface area (Å²) in [4.78, 5) is 29.6. The summed E-state index contributed by atoms with van der Waals surface area (Å²) in [5, 5.41) is 5.27. The first-order chi connectivity index (χ1) is 15.0. The average molecular weight is 439 g/mol. The van der Waals surface area contributed by atoms with Gasteiger partial charge in [-0.15, -0.1) is 11.3 Å². The lowest BCUT2D eigenvalue weighted by molar-refractivity contribution is -0.143. The first kappa shape index (κ1) is 22.1. The van der Waals surface area contributed by atoms with Gasteiger partial charge in [-0.05, 0) is 68.5 Å². The van der Waals surface area contributed by atoms with E-state index < -0.39 is 5.41 Å². The van der Waals surface area contributed by atoms with Gasteiger partial charge in [-0.1, -0.05) is 43.2 Å². The highest BCUT2D eigenvalue weighted by Gasteiger charge is 2.43. The SMILES string of the molecule is CC(C)NC(=O)C1(Cc2cccc(-c3cccs3)c2)CCN(C(=O)C2CCCC2)CC1. The summed E-state index contributed by atoms with van der Waals surface area (Å²) in [6.45, 7) is 5.40. The van der Waals surface area contributed by atoms with Crippen molar-refractivity contribution < 1.29 is 9.59 Å². The van der Waals surface area contributed by atoms with Crippen LogP contribution in [0.3, 0.4) is 0 Å². The normalized spacial score (nSPS) is 19.0. The van der Waals surface area contributed by atoms with Crippen molar-refractivity contribution in [1.82, 2.24) is 10.2 Å². The molecule has 4 nitrogen and oxygen atoms in total. The van der Waals surface area contributed by atoms with E-state index in [1.54, 1.807) is 11.3 Å². The van der Waals surface area contributed by atoms with Crippen molar-refractivity contribution in [3.8, 4) is 10.4 Å². The topological polar surface area (TPSA) is 49.4 Å². The third-order valence-corrected chi connectivity index (χ3v) is 7.83. The number of hydrogen-bond donors (Lipinski definition) is 1. The van der Waals surface area contributed by atoms with Crippen molar-refractivity contribution in [2.75, 3.05) is 13.1 Å². The second-order valence-electron chi connectivity index (χ2n) is 9.57. The number of likely N-dealkylation sites (tertiary alicyclic amines) is 1. The molecular formula is C26H34N2O2S. The zero-order valence-electron chi connectivity index (χ0n) is 18.7. The van der Waals surface area contributed by atoms with Gasteiger partial charge in [-0.25, -0.2) is 0 Å². The molecule has 2 heterocycles. The Bertz CT molecular complexity index is 892. The van der Waals surface area contributed by atoms with Crippen LogP contribution in [-0.4, -0.2) is 35.8 Å². The van der Waals surface area contributed by atoms with Crippen molar-refractivity contribution >= 4 is 23.2 Å². The van der Waals surface area contributed by atoms with Crippen molar-refractivity contribution in [3.05, 3.63) is 47.3 Å². The summed E-state index contributed by atoms with van der Waals surface area (Å²) in [6.07, 6.45) is 6.58. The number of hydrogen-bond acceptors (Lipinski definition) is 3. The maximum absolute atomic E-state index is 13.4. The van der Waals surface area contributed by atoms with Crippen LogP contribution in [0, 0.1) is 11.3 Å². The summed E-state index contributed by atoms with van der Waals surface area (Å²) in [5.74, 6) is 0.659. The van der Waals surface area contributed by atoms with Gasteiger partial charge >= 0.3 is 0 Å². The lowest BCUT2D eigenvalue weighted by atomic mass is 9.72. The number of rotatable bonds is 6. The van der Waals surface area contributed by atoms with Crippen molar-refractivity contribution in [1.29, 1.82) is 0 Å². The molecule has 1 aromatic heterocycles. The van der Waals surface area contributed by atoms with E-state index in [4.69, 9.17) is 0 Å². The van der Waals surface area contributed by atoms with Gasteiger partial charge in [0, 0.05) is 29.9 Å². The predicted molar refractivity (Wildman–Crippen MR) is 127 cm³/mol. The zero-order valence-corrected chi connectivity index (χ0v) is 19.5. The Balaban J connectivity index is 1.52. The van der Waals surface area contributed by atoms with E-state index in [1.165, 1.54) is 28.8 Å². The molecule has 31 heavy (non-hydrogen) atoms. The number of thiophene rings is 1. The number of piperidine rings is 1. The lowest BCUT2D eigenvalue weighted by Gasteiger charge is -2.42. The summed E-state index contributed by atoms with van der Waals surface area (Å²) >= 11 is 1.74. The van der Waals surface area contributed by atoms with Crippen molar-refractivity contribution in [2.24, 2.45) is 11.3 Å². The molecule has 1 saturated carbocycles. The second kappa shape index (κ2) is 9.56. The highest BCUT2D eigenvalue weighted by Crippen LogP contribution is 2.38. The van der Waals surface area contributed by atoms with Gasteiger partial charge in [0.25, 0.3) is 0 Å². The van der Waals surface area contributed by atoms with Crippen molar-refractivity contribution in [2.45, 2.75) is 64.8 Å². The standard InChI is InChI=1S/C26H34N2O2S/c1-19(2)27-25(30)26(12-14-28(15-13-26)24(29)21-8-3-4-9-21)18-20-7-5-10-22(17-20)23-11-6-16-31-23/h5-7,10-11,16-17,19,21H,3-4,8-9,12-15,18H2,1-2H3,(H,27,30). The average Bonchev–Trinajstić information content (AvgIpc) is 3.48. The van der Waals surface area contributed by atoms with Crippen LogP contribution >= 0.6 is 11.3 Å². The fraction of sp³-hybridized carbons (Fsp3) is 0.538. The maximum Gasteiger partial charge on any atom is 0.226 e. The Morgan fingerprint density at radius 2 is 1.87 bits per heavy atom. The molecule has 0 unspecified atom stereocenters. The van der Waals surface area contributed by atoms with E-state index in [0.29, 0.717) is 19.0 Å². The van der Waals surface area contributed by atoms with E-state index >= 15 is 0 Å². The fourth-order valence-corrected chi connectivity index (χ4v) is 5.88. The molecule has 1 aromatic carbocycles. The molecule has 0 bridgehead atoms. The number of benzene rings is 1. The zero-order chi connectivity index (χ0) is 21.8. The smallest absolute Gasteiger partial charge is 0.226 e. The van der Waals surface area contributed by atoms with E-state index in [-0.39, 0.29) is 17.9 Å². The minimum absolute atomic E-state index is 0.111. The minimum Gasteiger partial charge on any atom is -0.353 e. The molecule has 0 spiro atoms. The Labute approximate surface area is 190 Å². The lowest BCUT2D eigenvalue weighted by Crippen LogP contribution is -2.53. The quantitative estimate of drug-likeness (QED) is 0.667. The summed E-state index contributed by atoms with van der Waals surface area (Å²) in [6, 6.07) is 12.9. The molecule has 1 N–H and O–H groups in total. The number of nitrogens with zero attached hydrogens (tertiary/aromatic N) is 1. The maximum atomic E-state index is 13.4. The van der Waals surface area contributed by atoms with E-state index in [2.05, 4.69) is 47.1 Å². The first-order valence-corrected chi connectivity index (χ1v) is 12.6. The molecule has 2 fully saturated rings. The van der Waals surface area contributed by atoms with Gasteiger partial charge in [-0.2, -0.15) is 0 Å². The Morgan fingerprint density at radius 3 is 2.52 bits per heavy atom. The first-order valence-electron chi connectivity index (χ1n) is 11.7. The fourth-order valence-electron chi connectivity index (χ4n) is 5.15. The number of carbonyl (C=O) groups excluding carboxylic acids is 2. The van der Waals surface area contributed by atoms with Crippen LogP contribution in [0.2, 0.25) is 0 Å². The monoisotopic (exact) mass is 438 g/mol. The highest BCUT2D eigenvalue weighted by atomic mass is 32.1. The van der Waals surface area contributed by atoms with Crippen LogP contribution < -0.4 is 5.32 Å². The molecule has 2 aromatic rings. The van der Waals surface area contributed by atoms with E-state index in [9.17, 15) is 9.59 Å². The molecule has 5 heteroatoms. The van der Waals surface area contributed by atoms with Crippen LogP contribution in [0.15, 0.2) is 41.8 Å². The minimum atomic E-state index is -0.454. The van der Waals surface area contributed by atoms with Crippen LogP contribution in [0.25, 0.3) is 10.4 Å². The number of carbonyl (C=O) groups is 2. The van der Waals surface area contributed by atoms with Gasteiger partial charge in [0.15, 0.2) is 0 Å². The molecule has 4 rings (SSSR count). The van der Waals surface area contributed by atoms with Gasteiger partial charge in [0.05, 0.1) is 5.41 Å². The summed E-state index contributed by atoms with van der Waals surface area (Å²) < 4.78 is 0. The van der Waals surface area contributed by atoms with Gasteiger partial charge in [0.1, 0.15) is 0 Å². The Morgan fingerprint density at radius 1 is 1.13 bits per heavy atom. The third kappa shape index (κ3) is 5.03. The molecule has 166 valence electrons. The van der Waals surface area contributed by atoms with Crippen LogP contribution in [0.1, 0.15) is 57.9 Å². The molecule has 2 amide bonds. The molecule has 2 aliphatic rings. The van der Waals surface area contributed by atoms with Gasteiger partial charge in [-0.3, -0.25) is 9.59 Å². The largest absolute Gasteiger partial charge is 0.353 e. The molecule has 0 atom stereocenters. The van der Waals surface area contributed by atoms with Crippen LogP contribution in [-0.2, 0) is 16.0 Å². The van der Waals surface area contributed by atoms with E-state index in [0.717, 1.165) is 32.1 Å². The number of amides is 2. The summed E-state index contributed by atoms with van der Waals surface area (Å²) in [5.41, 5.74) is 1.95. The molecule has 1 aliphatic heterocycles. The third-order valence-electron chi connectivity index (χ3n) is 6.91. The van der Waals surface area contributed by atoms with Gasteiger partial charge in [0.2, 0.25) is 11.8 Å². The highest BCUT2D eigenvalue weighted by molar-refractivity contribution is 7.13. The molecule has 1 saturated heterocycles. The Kier molecular flexibility index (Phi) is 6.80. The Hall–Kier alpha value is -2.14. The van der Waals surface area contributed by atoms with Crippen LogP contribution in [0.4, 0.5) is 0 Å².